The summed E-state index contributed by atoms with van der Waals surface area (Å²) in [7, 11) is 0. The summed E-state index contributed by atoms with van der Waals surface area (Å²) in [4.78, 5) is 9.97. The summed E-state index contributed by atoms with van der Waals surface area (Å²) in [6, 6.07) is 34.0. The lowest BCUT2D eigenvalue weighted by molar-refractivity contribution is 0.592. The molecule has 3 aromatic heterocycles. The molecule has 0 unspecified atom stereocenters. The molecule has 40 heavy (non-hydrogen) atoms. The van der Waals surface area contributed by atoms with Crippen molar-refractivity contribution in [3.05, 3.63) is 115 Å². The van der Waals surface area contributed by atoms with Crippen LogP contribution < -0.4 is 0 Å². The second-order valence-electron chi connectivity index (χ2n) is 11.5. The van der Waals surface area contributed by atoms with Crippen molar-refractivity contribution in [1.82, 2.24) is 14.5 Å². The fourth-order valence-electron chi connectivity index (χ4n) is 6.08. The van der Waals surface area contributed by atoms with E-state index in [1.54, 1.807) is 0 Å². The van der Waals surface area contributed by atoms with E-state index in [0.29, 0.717) is 0 Å². The van der Waals surface area contributed by atoms with Crippen LogP contribution in [0.15, 0.2) is 114 Å². The van der Waals surface area contributed by atoms with Crippen molar-refractivity contribution in [2.45, 2.75) is 26.2 Å². The number of rotatable bonds is 2. The average Bonchev–Trinajstić information content (AvgIpc) is 3.55. The highest BCUT2D eigenvalue weighted by molar-refractivity contribution is 6.23. The topological polar surface area (TPSA) is 43.9 Å². The molecule has 4 heteroatoms. The van der Waals surface area contributed by atoms with Gasteiger partial charge in [-0.15, -0.1) is 0 Å². The number of fused-ring (bicyclic) bond motifs is 8. The zero-order chi connectivity index (χ0) is 27.0. The van der Waals surface area contributed by atoms with Crippen LogP contribution in [0, 0.1) is 0 Å². The largest absolute Gasteiger partial charge is 0.455 e. The number of benzene rings is 5. The molecular weight excluding hydrogens is 490 g/mol. The number of pyridine rings is 1. The van der Waals surface area contributed by atoms with Gasteiger partial charge in [-0.05, 0) is 45.8 Å². The van der Waals surface area contributed by atoms with Gasteiger partial charge in [0, 0.05) is 33.6 Å². The van der Waals surface area contributed by atoms with Crippen LogP contribution in [0.3, 0.4) is 0 Å². The van der Waals surface area contributed by atoms with Crippen LogP contribution in [0.25, 0.3) is 71.6 Å². The van der Waals surface area contributed by atoms with E-state index in [4.69, 9.17) is 9.40 Å². The number of nitrogens with zero attached hydrogens (tertiary/aromatic N) is 3. The molecule has 0 spiro atoms. The van der Waals surface area contributed by atoms with Crippen LogP contribution in [0.1, 0.15) is 26.3 Å². The number of furan rings is 1. The van der Waals surface area contributed by atoms with Crippen LogP contribution in [0.2, 0.25) is 0 Å². The molecule has 0 aliphatic carbocycles. The third kappa shape index (κ3) is 3.26. The van der Waals surface area contributed by atoms with E-state index in [2.05, 4.69) is 121 Å². The third-order valence-corrected chi connectivity index (χ3v) is 8.00. The van der Waals surface area contributed by atoms with E-state index >= 15 is 0 Å². The van der Waals surface area contributed by atoms with Crippen LogP contribution in [-0.4, -0.2) is 14.5 Å². The van der Waals surface area contributed by atoms with Crippen LogP contribution >= 0.6 is 0 Å². The van der Waals surface area contributed by atoms with Gasteiger partial charge < -0.3 is 4.42 Å². The molecule has 3 heterocycles. The maximum atomic E-state index is 6.87. The molecule has 8 rings (SSSR count). The van der Waals surface area contributed by atoms with Gasteiger partial charge in [0.1, 0.15) is 17.0 Å². The second-order valence-corrected chi connectivity index (χ2v) is 11.5. The number of hydrogen-bond acceptors (Lipinski definition) is 3. The van der Waals surface area contributed by atoms with E-state index in [9.17, 15) is 0 Å². The van der Waals surface area contributed by atoms with Crippen molar-refractivity contribution in [3.8, 4) is 17.1 Å². The first kappa shape index (κ1) is 23.0. The fourth-order valence-corrected chi connectivity index (χ4v) is 6.08. The van der Waals surface area contributed by atoms with Crippen LogP contribution in [-0.2, 0) is 5.41 Å². The van der Waals surface area contributed by atoms with Gasteiger partial charge in [-0.3, -0.25) is 9.55 Å². The van der Waals surface area contributed by atoms with Gasteiger partial charge in [0.2, 0.25) is 0 Å². The Balaban J connectivity index is 1.51. The van der Waals surface area contributed by atoms with Crippen molar-refractivity contribution in [2.24, 2.45) is 0 Å². The molecule has 0 saturated carbocycles. The average molecular weight is 518 g/mol. The zero-order valence-electron chi connectivity index (χ0n) is 22.6. The van der Waals surface area contributed by atoms with Gasteiger partial charge in [0.15, 0.2) is 0 Å². The maximum absolute atomic E-state index is 6.87. The summed E-state index contributed by atoms with van der Waals surface area (Å²) in [5, 5.41) is 6.92. The van der Waals surface area contributed by atoms with Crippen molar-refractivity contribution in [2.75, 3.05) is 0 Å². The molecule has 8 aromatic rings. The van der Waals surface area contributed by atoms with E-state index < -0.39 is 0 Å². The standard InChI is InChI=1S/C36H27N3O/c1-36(2,3)29-20-37-21-30-32(29)38-35(39(30)24-11-5-4-6-12-24)28-15-9-14-26-27-19-18-23-17-16-22-10-7-8-13-25(22)31(23)34(27)40-33(26)28/h4-21H,1-3H3. The first-order valence-corrected chi connectivity index (χ1v) is 13.7. The summed E-state index contributed by atoms with van der Waals surface area (Å²) in [5.41, 5.74) is 6.72. The first-order chi connectivity index (χ1) is 19.5. The highest BCUT2D eigenvalue weighted by Crippen LogP contribution is 2.42. The molecule has 0 amide bonds. The second kappa shape index (κ2) is 8.27. The molecule has 5 aromatic carbocycles. The lowest BCUT2D eigenvalue weighted by Crippen LogP contribution is -2.12. The number of para-hydroxylation sites is 2. The van der Waals surface area contributed by atoms with Crippen molar-refractivity contribution < 1.29 is 4.42 Å². The van der Waals surface area contributed by atoms with E-state index in [1.807, 2.05) is 18.5 Å². The van der Waals surface area contributed by atoms with Crippen LogP contribution in [0.4, 0.5) is 0 Å². The van der Waals surface area contributed by atoms with Gasteiger partial charge >= 0.3 is 0 Å². The van der Waals surface area contributed by atoms with Gasteiger partial charge in [0.25, 0.3) is 0 Å². The summed E-state index contributed by atoms with van der Waals surface area (Å²) in [6.45, 7) is 6.63. The molecule has 4 nitrogen and oxygen atoms in total. The van der Waals surface area contributed by atoms with Crippen molar-refractivity contribution in [1.29, 1.82) is 0 Å². The molecule has 0 bridgehead atoms. The predicted molar refractivity (Wildman–Crippen MR) is 165 cm³/mol. The third-order valence-electron chi connectivity index (χ3n) is 8.00. The molecule has 0 aliphatic rings. The Hall–Kier alpha value is -4.96. The fraction of sp³-hybridized carbons (Fsp3) is 0.111. The highest BCUT2D eigenvalue weighted by Gasteiger charge is 2.25. The van der Waals surface area contributed by atoms with Crippen molar-refractivity contribution in [3.63, 3.8) is 0 Å². The molecule has 0 radical (unpaired) electrons. The van der Waals surface area contributed by atoms with E-state index in [0.717, 1.165) is 61.0 Å². The molecule has 0 fully saturated rings. The Morgan fingerprint density at radius 2 is 1.38 bits per heavy atom. The quantitative estimate of drug-likeness (QED) is 0.214. The summed E-state index contributed by atoms with van der Waals surface area (Å²) >= 11 is 0. The van der Waals surface area contributed by atoms with Gasteiger partial charge in [-0.25, -0.2) is 4.98 Å². The smallest absolute Gasteiger partial charge is 0.149 e. The number of hydrogen-bond donors (Lipinski definition) is 0. The first-order valence-electron chi connectivity index (χ1n) is 13.7. The van der Waals surface area contributed by atoms with E-state index in [1.165, 1.54) is 16.2 Å². The Bertz CT molecular complexity index is 2250. The predicted octanol–water partition coefficient (Wildman–Crippen LogP) is 9.59. The number of aromatic nitrogens is 3. The molecular formula is C36H27N3O. The Morgan fingerprint density at radius 3 is 2.23 bits per heavy atom. The molecule has 0 saturated heterocycles. The molecule has 192 valence electrons. The van der Waals surface area contributed by atoms with Gasteiger partial charge in [-0.1, -0.05) is 93.6 Å². The Labute approximate surface area is 231 Å². The molecule has 0 atom stereocenters. The minimum Gasteiger partial charge on any atom is -0.455 e. The normalized spacial score (nSPS) is 12.4. The van der Waals surface area contributed by atoms with Gasteiger partial charge in [0.05, 0.1) is 22.8 Å². The highest BCUT2D eigenvalue weighted by atomic mass is 16.3. The van der Waals surface area contributed by atoms with Crippen molar-refractivity contribution >= 4 is 54.5 Å². The monoisotopic (exact) mass is 517 g/mol. The van der Waals surface area contributed by atoms with E-state index in [-0.39, 0.29) is 5.41 Å². The molecule has 0 aliphatic heterocycles. The lowest BCUT2D eigenvalue weighted by atomic mass is 9.87. The Morgan fingerprint density at radius 1 is 0.650 bits per heavy atom. The Kier molecular flexibility index (Phi) is 4.75. The minimum absolute atomic E-state index is 0.106. The van der Waals surface area contributed by atoms with Crippen LogP contribution in [0.5, 0.6) is 0 Å². The minimum atomic E-state index is -0.106. The number of imidazole rings is 1. The SMILES string of the molecule is CC(C)(C)c1cncc2c1nc(-c1cccc3c1oc1c3ccc3ccc4ccccc4c31)n2-c1ccccc1. The molecule has 0 N–H and O–H groups in total. The summed E-state index contributed by atoms with van der Waals surface area (Å²) in [5.74, 6) is 0.846. The van der Waals surface area contributed by atoms with Gasteiger partial charge in [-0.2, -0.15) is 0 Å². The zero-order valence-corrected chi connectivity index (χ0v) is 22.6. The summed E-state index contributed by atoms with van der Waals surface area (Å²) in [6.07, 6.45) is 3.87. The lowest BCUT2D eigenvalue weighted by Gasteiger charge is -2.18. The summed E-state index contributed by atoms with van der Waals surface area (Å²) < 4.78 is 9.09. The maximum Gasteiger partial charge on any atom is 0.149 e.